The Morgan fingerprint density at radius 2 is 1.14 bits per heavy atom. The van der Waals surface area contributed by atoms with Crippen LogP contribution >= 0.6 is 0 Å². The molecule has 18 heteroatoms. The van der Waals surface area contributed by atoms with Crippen molar-refractivity contribution in [1.29, 1.82) is 0 Å². The third-order valence-corrected chi connectivity index (χ3v) is 8.72. The zero-order valence-corrected chi connectivity index (χ0v) is 25.4. The van der Waals surface area contributed by atoms with E-state index in [9.17, 15) is 40.2 Å². The van der Waals surface area contributed by atoms with Gasteiger partial charge in [-0.1, -0.05) is 29.7 Å². The summed E-state index contributed by atoms with van der Waals surface area (Å²) in [5.41, 5.74) is 3.78. The molecule has 4 heterocycles. The highest BCUT2D eigenvalue weighted by atomic mass is 16.6. The summed E-state index contributed by atoms with van der Waals surface area (Å²) in [5.74, 6) is -1.46. The number of aryl methyl sites for hydroxylation is 1. The Balaban J connectivity index is 0.000000463. The van der Waals surface area contributed by atoms with Crippen molar-refractivity contribution < 1.29 is 59.9 Å². The molecule has 0 aromatic carbocycles. The maximum Gasteiger partial charge on any atom is 0.335 e. The molecule has 6 rings (SSSR count). The lowest BCUT2D eigenvalue weighted by Crippen LogP contribution is -2.58. The number of carboxylic acids is 2. The Labute approximate surface area is 292 Å². The van der Waals surface area contributed by atoms with E-state index in [2.05, 4.69) is 20.8 Å². The molecule has 2 aliphatic heterocycles. The fourth-order valence-electron chi connectivity index (χ4n) is 6.47. The van der Waals surface area contributed by atoms with E-state index in [1.54, 1.807) is 0 Å². The monoisotopic (exact) mass is 718 g/mol. The number of carbonyl (C=O) groups is 2. The second kappa shape index (κ2) is 18.2. The van der Waals surface area contributed by atoms with Gasteiger partial charge in [0, 0.05) is 29.9 Å². The molecule has 0 radical (unpaired) electrons. The molecule has 0 saturated carbocycles. The van der Waals surface area contributed by atoms with Gasteiger partial charge in [0.1, 0.15) is 42.4 Å². The van der Waals surface area contributed by atoms with Crippen LogP contribution < -0.4 is 10.6 Å². The van der Waals surface area contributed by atoms with E-state index >= 15 is 0 Å². The molecule has 10 atom stereocenters. The number of nitrogens with zero attached hydrogens (tertiary/aromatic N) is 4. The van der Waals surface area contributed by atoms with Crippen molar-refractivity contribution in [2.75, 3.05) is 23.7 Å². The number of hydrogen-bond donors (Lipinski definition) is 10. The van der Waals surface area contributed by atoms with E-state index in [1.165, 1.54) is 9.36 Å². The minimum atomic E-state index is -1.70. The third kappa shape index (κ3) is 8.07. The summed E-state index contributed by atoms with van der Waals surface area (Å²) in [5, 5.41) is 93.3. The average molecular weight is 719 g/mol. The molecular formula is C32H58N6O12. The summed E-state index contributed by atoms with van der Waals surface area (Å²) in [6.07, 6.45) is -10.1. The molecule has 2 saturated heterocycles. The van der Waals surface area contributed by atoms with Crippen LogP contribution in [0.15, 0.2) is 0 Å². The maximum absolute atomic E-state index is 11.2. The largest absolute Gasteiger partial charge is 0.479 e. The lowest BCUT2D eigenvalue weighted by molar-refractivity contribution is -0.249. The molecule has 2 aromatic rings. The van der Waals surface area contributed by atoms with Gasteiger partial charge in [-0.2, -0.15) is 10.2 Å². The standard InChI is InChI=1S/2C14H21N3O6.4CH4/c1-2-15-12-6-4-3-5-7(6)17(16-12)13-10(20)8(18)9(19)11(23-13)14(21)22;1-2-15-12-6-4-3-5-7(6)16-17(12)13-10(20)8(18)9(19)11(23-13)14(21)22;;;;/h8-11,13,18-20H,2-5H2,1H3,(H,15,16)(H,21,22);8-11,13,15,18-20H,2-5H2,1H3,(H,21,22);4*1H4/t2*8-,9-,10+,11-,13?;;;;/m00..../s1. The zero-order valence-electron chi connectivity index (χ0n) is 25.4. The van der Waals surface area contributed by atoms with Crippen LogP contribution in [0.5, 0.6) is 0 Å². The molecule has 0 bridgehead atoms. The number of aliphatic carboxylic acids is 2. The van der Waals surface area contributed by atoms with Gasteiger partial charge in [-0.3, -0.25) is 0 Å². The van der Waals surface area contributed by atoms with Gasteiger partial charge in [-0.25, -0.2) is 19.0 Å². The van der Waals surface area contributed by atoms with Crippen LogP contribution in [-0.2, 0) is 44.7 Å². The van der Waals surface area contributed by atoms with Crippen molar-refractivity contribution in [3.63, 3.8) is 0 Å². The Hall–Kier alpha value is -3.36. The van der Waals surface area contributed by atoms with E-state index in [4.69, 9.17) is 19.7 Å². The number of aliphatic hydroxyl groups is 6. The summed E-state index contributed by atoms with van der Waals surface area (Å²) < 4.78 is 13.5. The molecule has 4 aliphatic rings. The summed E-state index contributed by atoms with van der Waals surface area (Å²) in [6, 6.07) is 0. The lowest BCUT2D eigenvalue weighted by atomic mass is 9.98. The number of fused-ring (bicyclic) bond motifs is 2. The lowest BCUT2D eigenvalue weighted by Gasteiger charge is -2.39. The molecule has 0 spiro atoms. The fourth-order valence-corrected chi connectivity index (χ4v) is 6.47. The van der Waals surface area contributed by atoms with E-state index < -0.39 is 73.2 Å². The first-order valence-corrected chi connectivity index (χ1v) is 15.4. The van der Waals surface area contributed by atoms with Gasteiger partial charge >= 0.3 is 11.9 Å². The van der Waals surface area contributed by atoms with E-state index in [0.29, 0.717) is 24.7 Å². The SMILES string of the molecule is C.C.C.C.CCNc1c2c(nn1C1O[C@H](C(=O)O)[C@@H](O)[C@H](O)[C@H]1O)CCC2.CCNc1nn(C2O[C@H](C(=O)O)[C@@H](O)[C@H](O)[C@H]2O)c2c1CCC2. The predicted octanol–water partition coefficient (Wildman–Crippen LogP) is 0.281. The van der Waals surface area contributed by atoms with Crippen LogP contribution in [0.25, 0.3) is 0 Å². The van der Waals surface area contributed by atoms with Crippen molar-refractivity contribution in [2.24, 2.45) is 0 Å². The molecule has 0 amide bonds. The number of aliphatic hydroxyl groups excluding tert-OH is 6. The highest BCUT2D eigenvalue weighted by molar-refractivity contribution is 5.74. The van der Waals surface area contributed by atoms with Crippen LogP contribution in [0.4, 0.5) is 11.6 Å². The number of hydrogen-bond acceptors (Lipinski definition) is 14. The number of rotatable bonds is 8. The Kier molecular flexibility index (Phi) is 16.3. The van der Waals surface area contributed by atoms with Gasteiger partial charge in [0.15, 0.2) is 30.5 Å². The normalized spacial score (nSPS) is 30.8. The molecule has 288 valence electrons. The first kappa shape index (κ1) is 44.7. The van der Waals surface area contributed by atoms with Gasteiger partial charge in [-0.15, -0.1) is 0 Å². The first-order valence-electron chi connectivity index (χ1n) is 15.4. The molecule has 2 unspecified atom stereocenters. The number of ether oxygens (including phenoxy) is 2. The number of nitrogens with one attached hydrogen (secondary N) is 2. The van der Waals surface area contributed by atoms with E-state index in [1.807, 2.05) is 13.8 Å². The van der Waals surface area contributed by atoms with Gasteiger partial charge in [0.05, 0.1) is 5.69 Å². The number of anilines is 2. The van der Waals surface area contributed by atoms with Crippen LogP contribution in [-0.4, -0.2) is 134 Å². The topological polar surface area (TPSA) is 274 Å². The molecule has 2 fully saturated rings. The summed E-state index contributed by atoms with van der Waals surface area (Å²) in [4.78, 5) is 22.4. The molecule has 18 nitrogen and oxygen atoms in total. The first-order chi connectivity index (χ1) is 21.9. The van der Waals surface area contributed by atoms with Crippen LogP contribution in [0.2, 0.25) is 0 Å². The summed E-state index contributed by atoms with van der Waals surface area (Å²) >= 11 is 0. The highest BCUT2D eigenvalue weighted by Gasteiger charge is 2.50. The maximum atomic E-state index is 11.2. The van der Waals surface area contributed by atoms with E-state index in [-0.39, 0.29) is 29.7 Å². The fraction of sp³-hybridized carbons (Fsp3) is 0.750. The third-order valence-electron chi connectivity index (χ3n) is 8.72. The second-order valence-electron chi connectivity index (χ2n) is 11.7. The average Bonchev–Trinajstić information content (AvgIpc) is 3.80. The summed E-state index contributed by atoms with van der Waals surface area (Å²) in [6.45, 7) is 5.15. The van der Waals surface area contributed by atoms with Crippen LogP contribution in [0.3, 0.4) is 0 Å². The molecule has 2 aromatic heterocycles. The van der Waals surface area contributed by atoms with Crippen molar-refractivity contribution in [1.82, 2.24) is 19.6 Å². The smallest absolute Gasteiger partial charge is 0.335 e. The Morgan fingerprint density at radius 1 is 0.660 bits per heavy atom. The van der Waals surface area contributed by atoms with Crippen LogP contribution in [0.1, 0.15) is 91.4 Å². The molecule has 10 N–H and O–H groups in total. The molecule has 2 aliphatic carbocycles. The molecule has 50 heavy (non-hydrogen) atoms. The second-order valence-corrected chi connectivity index (χ2v) is 11.7. The van der Waals surface area contributed by atoms with Crippen molar-refractivity contribution in [3.8, 4) is 0 Å². The van der Waals surface area contributed by atoms with Gasteiger partial charge < -0.3 is 61.0 Å². The van der Waals surface area contributed by atoms with Gasteiger partial charge in [0.2, 0.25) is 0 Å². The van der Waals surface area contributed by atoms with E-state index in [0.717, 1.165) is 61.0 Å². The van der Waals surface area contributed by atoms with Crippen molar-refractivity contribution in [3.05, 3.63) is 22.5 Å². The Bertz CT molecular complexity index is 1420. The quantitative estimate of drug-likeness (QED) is 0.176. The zero-order chi connectivity index (χ0) is 33.4. The van der Waals surface area contributed by atoms with Crippen LogP contribution in [0, 0.1) is 0 Å². The highest BCUT2D eigenvalue weighted by Crippen LogP contribution is 2.37. The predicted molar refractivity (Wildman–Crippen MR) is 183 cm³/mol. The molecular weight excluding hydrogens is 660 g/mol. The minimum absolute atomic E-state index is 0. The van der Waals surface area contributed by atoms with Crippen molar-refractivity contribution in [2.45, 2.75) is 143 Å². The number of aromatic nitrogens is 4. The Morgan fingerprint density at radius 3 is 1.64 bits per heavy atom. The number of carboxylic acid groups (broad SMARTS) is 2. The minimum Gasteiger partial charge on any atom is -0.479 e. The van der Waals surface area contributed by atoms with Gasteiger partial charge in [-0.05, 0) is 52.4 Å². The van der Waals surface area contributed by atoms with Gasteiger partial charge in [0.25, 0.3) is 0 Å². The summed E-state index contributed by atoms with van der Waals surface area (Å²) in [7, 11) is 0. The van der Waals surface area contributed by atoms with Crippen molar-refractivity contribution >= 4 is 23.6 Å².